The Balaban J connectivity index is 3.13. The number of carbonyl (C=O) groups excluding carboxylic acids is 4. The number of nitrogens with one attached hydrogen (secondary N) is 1. The summed E-state index contributed by atoms with van der Waals surface area (Å²) in [7, 11) is 1.27. The molecule has 0 amide bonds. The Hall–Kier alpha value is -3.34. The van der Waals surface area contributed by atoms with E-state index in [2.05, 4.69) is 5.32 Å². The fraction of sp³-hybridized carbons (Fsp3) is 0.667. The highest BCUT2D eigenvalue weighted by Crippen LogP contribution is 2.31. The molecule has 11 heteroatoms. The molecule has 1 N–H and O–H groups in total. The van der Waals surface area contributed by atoms with E-state index in [1.165, 1.54) is 19.2 Å². The SMILES string of the molecule is CCC(C)(C)OC(=O)Oc1ccc(C[C@H](NCCOC(=O)C(C)(C)CC)C(=O)OC)cc1OC(=O)OC(C)(C)CC. The zero-order chi connectivity index (χ0) is 31.4. The number of hydrogen-bond acceptors (Lipinski definition) is 11. The van der Waals surface area contributed by atoms with Gasteiger partial charge in [0.2, 0.25) is 0 Å². The monoisotopic (exact) mass is 581 g/mol. The van der Waals surface area contributed by atoms with Gasteiger partial charge in [-0.1, -0.05) is 26.8 Å². The zero-order valence-corrected chi connectivity index (χ0v) is 26.1. The third-order valence-corrected chi connectivity index (χ3v) is 6.90. The van der Waals surface area contributed by atoms with Crippen molar-refractivity contribution >= 4 is 24.2 Å². The van der Waals surface area contributed by atoms with Crippen LogP contribution in [0, 0.1) is 5.41 Å². The summed E-state index contributed by atoms with van der Waals surface area (Å²) < 4.78 is 31.8. The van der Waals surface area contributed by atoms with Crippen LogP contribution in [-0.4, -0.2) is 61.8 Å². The Morgan fingerprint density at radius 3 is 1.83 bits per heavy atom. The zero-order valence-electron chi connectivity index (χ0n) is 26.1. The minimum Gasteiger partial charge on any atom is -0.468 e. The van der Waals surface area contributed by atoms with Crippen molar-refractivity contribution in [3.63, 3.8) is 0 Å². The summed E-state index contributed by atoms with van der Waals surface area (Å²) in [6, 6.07) is 3.71. The van der Waals surface area contributed by atoms with Gasteiger partial charge in [-0.05, 0) is 84.9 Å². The average Bonchev–Trinajstić information content (AvgIpc) is 2.90. The molecule has 0 radical (unpaired) electrons. The van der Waals surface area contributed by atoms with Gasteiger partial charge in [-0.3, -0.25) is 9.59 Å². The van der Waals surface area contributed by atoms with E-state index < -0.39 is 40.9 Å². The third kappa shape index (κ3) is 12.4. The van der Waals surface area contributed by atoms with Crippen molar-refractivity contribution in [2.75, 3.05) is 20.3 Å². The van der Waals surface area contributed by atoms with Crippen LogP contribution in [0.5, 0.6) is 11.5 Å². The molecule has 0 fully saturated rings. The van der Waals surface area contributed by atoms with E-state index in [0.29, 0.717) is 24.8 Å². The van der Waals surface area contributed by atoms with E-state index in [4.69, 9.17) is 28.4 Å². The summed E-state index contributed by atoms with van der Waals surface area (Å²) in [4.78, 5) is 49.7. The molecule has 0 aliphatic carbocycles. The number of ether oxygens (including phenoxy) is 6. The van der Waals surface area contributed by atoms with Crippen molar-refractivity contribution in [1.82, 2.24) is 5.32 Å². The van der Waals surface area contributed by atoms with E-state index in [9.17, 15) is 19.2 Å². The number of methoxy groups -OCH3 is 1. The normalized spacial score (nSPS) is 12.6. The fourth-order valence-electron chi connectivity index (χ4n) is 2.99. The molecule has 1 aromatic rings. The van der Waals surface area contributed by atoms with Gasteiger partial charge >= 0.3 is 24.2 Å². The van der Waals surface area contributed by atoms with Crippen LogP contribution in [0.25, 0.3) is 0 Å². The molecule has 41 heavy (non-hydrogen) atoms. The van der Waals surface area contributed by atoms with Crippen LogP contribution in [0.1, 0.15) is 87.1 Å². The maximum Gasteiger partial charge on any atom is 0.514 e. The second-order valence-corrected chi connectivity index (χ2v) is 11.5. The molecule has 0 bridgehead atoms. The van der Waals surface area contributed by atoms with Crippen LogP contribution < -0.4 is 14.8 Å². The van der Waals surface area contributed by atoms with Crippen molar-refractivity contribution in [3.8, 4) is 11.5 Å². The highest BCUT2D eigenvalue weighted by Gasteiger charge is 2.28. The van der Waals surface area contributed by atoms with Crippen molar-refractivity contribution in [2.45, 2.75) is 105 Å². The lowest BCUT2D eigenvalue weighted by Gasteiger charge is -2.24. The van der Waals surface area contributed by atoms with E-state index in [-0.39, 0.29) is 37.0 Å². The maximum absolute atomic E-state index is 12.6. The average molecular weight is 582 g/mol. The number of benzene rings is 1. The minimum atomic E-state index is -0.986. The lowest BCUT2D eigenvalue weighted by atomic mass is 9.91. The third-order valence-electron chi connectivity index (χ3n) is 6.90. The number of carbonyl (C=O) groups is 4. The molecule has 0 aliphatic rings. The van der Waals surface area contributed by atoms with E-state index >= 15 is 0 Å². The summed E-state index contributed by atoms with van der Waals surface area (Å²) in [5, 5.41) is 3.03. The quantitative estimate of drug-likeness (QED) is 0.117. The van der Waals surface area contributed by atoms with E-state index in [1.807, 2.05) is 20.8 Å². The first-order chi connectivity index (χ1) is 19.0. The van der Waals surface area contributed by atoms with Crippen LogP contribution >= 0.6 is 0 Å². The van der Waals surface area contributed by atoms with Gasteiger partial charge < -0.3 is 33.7 Å². The number of rotatable bonds is 15. The highest BCUT2D eigenvalue weighted by molar-refractivity contribution is 5.77. The van der Waals surface area contributed by atoms with Gasteiger partial charge in [0, 0.05) is 6.54 Å². The van der Waals surface area contributed by atoms with Crippen LogP contribution in [-0.2, 0) is 35.0 Å². The fourth-order valence-corrected chi connectivity index (χ4v) is 2.99. The molecular weight excluding hydrogens is 534 g/mol. The van der Waals surface area contributed by atoms with Gasteiger partial charge in [0.25, 0.3) is 0 Å². The molecule has 0 spiro atoms. The van der Waals surface area contributed by atoms with Crippen molar-refractivity contribution in [2.24, 2.45) is 5.41 Å². The topological polar surface area (TPSA) is 136 Å². The van der Waals surface area contributed by atoms with Crippen molar-refractivity contribution in [3.05, 3.63) is 23.8 Å². The Kier molecular flexibility index (Phi) is 13.6. The first-order valence-electron chi connectivity index (χ1n) is 13.9. The molecular formula is C30H47NO10. The summed E-state index contributed by atoms with van der Waals surface area (Å²) in [5.41, 5.74) is -1.59. The molecule has 0 unspecified atom stereocenters. The summed E-state index contributed by atoms with van der Waals surface area (Å²) in [6.07, 6.45) is -0.0963. The maximum atomic E-state index is 12.6. The standard InChI is InChI=1S/C30H47NO10/c1-11-28(4,5)25(33)37-17-16-31-21(24(32)36-10)18-20-14-15-22(38-26(34)40-29(6,7)12-2)23(19-20)39-27(35)41-30(8,9)13-3/h14-15,19,21,31H,11-13,16-18H2,1-10H3/t21-/m0/s1. The molecule has 1 rings (SSSR count). The molecule has 0 aromatic heterocycles. The van der Waals surface area contributed by atoms with Crippen molar-refractivity contribution in [1.29, 1.82) is 0 Å². The Bertz CT molecular complexity index is 1050. The van der Waals surface area contributed by atoms with Gasteiger partial charge in [-0.2, -0.15) is 0 Å². The van der Waals surface area contributed by atoms with Gasteiger partial charge in [-0.15, -0.1) is 0 Å². The number of esters is 2. The first-order valence-corrected chi connectivity index (χ1v) is 13.9. The lowest BCUT2D eigenvalue weighted by Crippen LogP contribution is -2.41. The van der Waals surface area contributed by atoms with Crippen LogP contribution in [0.4, 0.5) is 9.59 Å². The van der Waals surface area contributed by atoms with Gasteiger partial charge in [0.1, 0.15) is 23.9 Å². The van der Waals surface area contributed by atoms with Gasteiger partial charge in [0.15, 0.2) is 11.5 Å². The Morgan fingerprint density at radius 1 is 0.805 bits per heavy atom. The van der Waals surface area contributed by atoms with Gasteiger partial charge in [0.05, 0.1) is 12.5 Å². The van der Waals surface area contributed by atoms with E-state index in [0.717, 1.165) is 0 Å². The predicted octanol–water partition coefficient (Wildman–Crippen LogP) is 5.75. The lowest BCUT2D eigenvalue weighted by molar-refractivity contribution is -0.154. The largest absolute Gasteiger partial charge is 0.514 e. The Labute approximate surface area is 243 Å². The molecule has 1 atom stereocenters. The molecule has 11 nitrogen and oxygen atoms in total. The van der Waals surface area contributed by atoms with Gasteiger partial charge in [-0.25, -0.2) is 9.59 Å². The summed E-state index contributed by atoms with van der Waals surface area (Å²) in [5.74, 6) is -1.02. The van der Waals surface area contributed by atoms with Crippen LogP contribution in [0.3, 0.4) is 0 Å². The number of hydrogen-bond donors (Lipinski definition) is 1. The summed E-state index contributed by atoms with van der Waals surface area (Å²) >= 11 is 0. The van der Waals surface area contributed by atoms with Crippen LogP contribution in [0.15, 0.2) is 18.2 Å². The first kappa shape index (κ1) is 35.7. The van der Waals surface area contributed by atoms with Crippen LogP contribution in [0.2, 0.25) is 0 Å². The molecule has 0 saturated carbocycles. The molecule has 1 aromatic carbocycles. The second kappa shape index (κ2) is 15.6. The predicted molar refractivity (Wildman–Crippen MR) is 152 cm³/mol. The van der Waals surface area contributed by atoms with E-state index in [1.54, 1.807) is 47.6 Å². The molecule has 0 heterocycles. The Morgan fingerprint density at radius 2 is 1.34 bits per heavy atom. The smallest absolute Gasteiger partial charge is 0.468 e. The molecule has 0 aliphatic heterocycles. The molecule has 232 valence electrons. The highest BCUT2D eigenvalue weighted by atomic mass is 16.8. The minimum absolute atomic E-state index is 0.0617. The van der Waals surface area contributed by atoms with Crippen molar-refractivity contribution < 1.29 is 47.6 Å². The summed E-state index contributed by atoms with van der Waals surface area (Å²) in [6.45, 7) is 16.4. The second-order valence-electron chi connectivity index (χ2n) is 11.5. The molecule has 0 saturated heterocycles.